The highest BCUT2D eigenvalue weighted by atomic mass is 16.1. The van der Waals surface area contributed by atoms with Gasteiger partial charge in [-0.1, -0.05) is 24.3 Å². The Hall–Kier alpha value is -0.850. The van der Waals surface area contributed by atoms with Gasteiger partial charge >= 0.3 is 0 Å². The molecular weight excluding hydrogens is 136 g/mol. The van der Waals surface area contributed by atoms with Gasteiger partial charge in [-0.05, 0) is 20.3 Å². The Balaban J connectivity index is 2.99. The van der Waals surface area contributed by atoms with E-state index in [1.54, 1.807) is 0 Å². The van der Waals surface area contributed by atoms with Crippen LogP contribution in [0.4, 0.5) is 0 Å². The van der Waals surface area contributed by atoms with Crippen molar-refractivity contribution in [3.05, 3.63) is 24.3 Å². The summed E-state index contributed by atoms with van der Waals surface area (Å²) in [7, 11) is 0. The summed E-state index contributed by atoms with van der Waals surface area (Å²) >= 11 is 0. The molecule has 1 fully saturated rings. The standard InChI is InChI=1S/C10H14O/c1-7(2)10(8(3)4)6-5-9(10)11/h1,3,5-6H2,2,4H3. The van der Waals surface area contributed by atoms with Crippen LogP contribution < -0.4 is 0 Å². The third kappa shape index (κ3) is 0.873. The van der Waals surface area contributed by atoms with E-state index in [0.29, 0.717) is 6.42 Å². The molecular formula is C10H14O. The first kappa shape index (κ1) is 8.25. The molecule has 1 aliphatic carbocycles. The fraction of sp³-hybridized carbons (Fsp3) is 0.500. The quantitative estimate of drug-likeness (QED) is 0.553. The summed E-state index contributed by atoms with van der Waals surface area (Å²) in [6, 6.07) is 0. The van der Waals surface area contributed by atoms with Crippen LogP contribution in [-0.4, -0.2) is 5.78 Å². The molecule has 0 heterocycles. The van der Waals surface area contributed by atoms with Gasteiger partial charge in [0.15, 0.2) is 0 Å². The lowest BCUT2D eigenvalue weighted by atomic mass is 9.60. The maximum Gasteiger partial charge on any atom is 0.147 e. The summed E-state index contributed by atoms with van der Waals surface area (Å²) in [6.45, 7) is 11.5. The van der Waals surface area contributed by atoms with Crippen molar-refractivity contribution in [3.8, 4) is 0 Å². The van der Waals surface area contributed by atoms with Gasteiger partial charge in [0.25, 0.3) is 0 Å². The average Bonchev–Trinajstić information content (AvgIpc) is 1.83. The highest BCUT2D eigenvalue weighted by molar-refractivity contribution is 5.96. The number of hydrogen-bond donors (Lipinski definition) is 0. The van der Waals surface area contributed by atoms with E-state index >= 15 is 0 Å². The first-order chi connectivity index (χ1) is 5.01. The molecule has 0 radical (unpaired) electrons. The van der Waals surface area contributed by atoms with Crippen LogP contribution in [0.2, 0.25) is 0 Å². The molecule has 0 saturated heterocycles. The lowest BCUT2D eigenvalue weighted by Gasteiger charge is -2.41. The van der Waals surface area contributed by atoms with Crippen LogP contribution in [0.5, 0.6) is 0 Å². The van der Waals surface area contributed by atoms with E-state index in [1.165, 1.54) is 0 Å². The van der Waals surface area contributed by atoms with Gasteiger partial charge in [-0.2, -0.15) is 0 Å². The Labute approximate surface area is 67.8 Å². The second kappa shape index (κ2) is 2.33. The van der Waals surface area contributed by atoms with Crippen LogP contribution in [0.1, 0.15) is 26.7 Å². The second-order valence-corrected chi connectivity index (χ2v) is 3.39. The Morgan fingerprint density at radius 3 is 1.82 bits per heavy atom. The first-order valence-corrected chi connectivity index (χ1v) is 3.87. The number of carbonyl (C=O) groups excluding carboxylic acids is 1. The molecule has 0 bridgehead atoms. The Kier molecular flexibility index (Phi) is 1.75. The molecule has 11 heavy (non-hydrogen) atoms. The number of allylic oxidation sites excluding steroid dienone is 2. The highest BCUT2D eigenvalue weighted by Crippen LogP contribution is 2.47. The van der Waals surface area contributed by atoms with Crippen LogP contribution in [0, 0.1) is 5.41 Å². The van der Waals surface area contributed by atoms with E-state index in [0.717, 1.165) is 17.6 Å². The maximum absolute atomic E-state index is 11.3. The summed E-state index contributed by atoms with van der Waals surface area (Å²) in [5.41, 5.74) is 1.54. The minimum Gasteiger partial charge on any atom is -0.298 e. The number of carbonyl (C=O) groups is 1. The number of rotatable bonds is 2. The smallest absolute Gasteiger partial charge is 0.147 e. The lowest BCUT2D eigenvalue weighted by molar-refractivity contribution is -0.132. The van der Waals surface area contributed by atoms with E-state index in [9.17, 15) is 4.79 Å². The van der Waals surface area contributed by atoms with Crippen LogP contribution in [0.3, 0.4) is 0 Å². The Morgan fingerprint density at radius 1 is 1.36 bits per heavy atom. The fourth-order valence-corrected chi connectivity index (χ4v) is 1.74. The zero-order valence-corrected chi connectivity index (χ0v) is 7.24. The molecule has 0 aromatic rings. The van der Waals surface area contributed by atoms with Crippen molar-refractivity contribution in [1.29, 1.82) is 0 Å². The summed E-state index contributed by atoms with van der Waals surface area (Å²) < 4.78 is 0. The van der Waals surface area contributed by atoms with Gasteiger partial charge in [0.05, 0.1) is 5.41 Å². The third-order valence-electron chi connectivity index (χ3n) is 2.66. The molecule has 0 aromatic heterocycles. The molecule has 0 N–H and O–H groups in total. The summed E-state index contributed by atoms with van der Waals surface area (Å²) in [4.78, 5) is 11.3. The summed E-state index contributed by atoms with van der Waals surface area (Å²) in [6.07, 6.45) is 1.61. The van der Waals surface area contributed by atoms with Crippen molar-refractivity contribution in [2.45, 2.75) is 26.7 Å². The van der Waals surface area contributed by atoms with Crippen molar-refractivity contribution in [2.24, 2.45) is 5.41 Å². The van der Waals surface area contributed by atoms with Crippen molar-refractivity contribution < 1.29 is 4.79 Å². The van der Waals surface area contributed by atoms with Gasteiger partial charge in [0, 0.05) is 6.42 Å². The second-order valence-electron chi connectivity index (χ2n) is 3.39. The molecule has 0 atom stereocenters. The van der Waals surface area contributed by atoms with Crippen LogP contribution in [0.15, 0.2) is 24.3 Å². The van der Waals surface area contributed by atoms with E-state index in [1.807, 2.05) is 13.8 Å². The molecule has 1 rings (SSSR count). The van der Waals surface area contributed by atoms with Crippen molar-refractivity contribution in [3.63, 3.8) is 0 Å². The van der Waals surface area contributed by atoms with Gasteiger partial charge in [0.1, 0.15) is 5.78 Å². The van der Waals surface area contributed by atoms with Gasteiger partial charge in [-0.25, -0.2) is 0 Å². The molecule has 60 valence electrons. The highest BCUT2D eigenvalue weighted by Gasteiger charge is 2.46. The lowest BCUT2D eigenvalue weighted by Crippen LogP contribution is -2.42. The molecule has 1 aliphatic rings. The van der Waals surface area contributed by atoms with Gasteiger partial charge in [0.2, 0.25) is 0 Å². The minimum atomic E-state index is -0.347. The largest absolute Gasteiger partial charge is 0.298 e. The van der Waals surface area contributed by atoms with Crippen LogP contribution >= 0.6 is 0 Å². The Bertz CT molecular complexity index is 207. The third-order valence-corrected chi connectivity index (χ3v) is 2.66. The van der Waals surface area contributed by atoms with E-state index in [4.69, 9.17) is 0 Å². The van der Waals surface area contributed by atoms with Crippen LogP contribution in [-0.2, 0) is 4.79 Å². The normalized spacial score (nSPS) is 20.7. The van der Waals surface area contributed by atoms with Gasteiger partial charge < -0.3 is 0 Å². The van der Waals surface area contributed by atoms with E-state index < -0.39 is 0 Å². The molecule has 0 unspecified atom stereocenters. The number of Topliss-reactive ketones (excluding diaryl/α,β-unsaturated/α-hetero) is 1. The molecule has 0 amide bonds. The first-order valence-electron chi connectivity index (χ1n) is 3.87. The molecule has 1 heteroatoms. The van der Waals surface area contributed by atoms with Gasteiger partial charge in [-0.15, -0.1) is 0 Å². The SMILES string of the molecule is C=C(C)C1(C(=C)C)CCC1=O. The monoisotopic (exact) mass is 150 g/mol. The minimum absolute atomic E-state index is 0.289. The molecule has 0 spiro atoms. The molecule has 1 nitrogen and oxygen atoms in total. The van der Waals surface area contributed by atoms with Crippen molar-refractivity contribution >= 4 is 5.78 Å². The Morgan fingerprint density at radius 2 is 1.82 bits per heavy atom. The average molecular weight is 150 g/mol. The zero-order valence-electron chi connectivity index (χ0n) is 7.24. The van der Waals surface area contributed by atoms with Crippen LogP contribution in [0.25, 0.3) is 0 Å². The maximum atomic E-state index is 11.3. The predicted octanol–water partition coefficient (Wildman–Crippen LogP) is 2.49. The van der Waals surface area contributed by atoms with E-state index in [2.05, 4.69) is 13.2 Å². The fourth-order valence-electron chi connectivity index (χ4n) is 1.74. The van der Waals surface area contributed by atoms with Gasteiger partial charge in [-0.3, -0.25) is 4.79 Å². The molecule has 0 aliphatic heterocycles. The van der Waals surface area contributed by atoms with E-state index in [-0.39, 0.29) is 11.2 Å². The molecule has 0 aromatic carbocycles. The zero-order chi connectivity index (χ0) is 8.65. The van der Waals surface area contributed by atoms with Crippen molar-refractivity contribution in [1.82, 2.24) is 0 Å². The van der Waals surface area contributed by atoms with Crippen molar-refractivity contribution in [2.75, 3.05) is 0 Å². The molecule has 1 saturated carbocycles. The topological polar surface area (TPSA) is 17.1 Å². The summed E-state index contributed by atoms with van der Waals surface area (Å²) in [5, 5.41) is 0. The summed E-state index contributed by atoms with van der Waals surface area (Å²) in [5.74, 6) is 0.289. The predicted molar refractivity (Wildman–Crippen MR) is 46.3 cm³/mol. The number of hydrogen-bond acceptors (Lipinski definition) is 1. The number of ketones is 1.